The van der Waals surface area contributed by atoms with Crippen molar-refractivity contribution in [2.45, 2.75) is 19.9 Å². The number of hydrogen-bond donors (Lipinski definition) is 2. The highest BCUT2D eigenvalue weighted by molar-refractivity contribution is 7.13. The first-order valence-corrected chi connectivity index (χ1v) is 10.4. The molecule has 0 radical (unpaired) electrons. The van der Waals surface area contributed by atoms with Gasteiger partial charge in [-0.2, -0.15) is 0 Å². The van der Waals surface area contributed by atoms with Crippen LogP contribution in [0.1, 0.15) is 21.2 Å². The monoisotopic (exact) mass is 410 g/mol. The predicted molar refractivity (Wildman–Crippen MR) is 113 cm³/mol. The number of nitrogens with one attached hydrogen (secondary N) is 1. The molecule has 7 nitrogen and oxygen atoms in total. The molecule has 0 unspecified atom stereocenters. The van der Waals surface area contributed by atoms with Gasteiger partial charge < -0.3 is 11.1 Å². The number of carbonyl (C=O) groups excluding carboxylic acids is 1. The molecule has 0 bridgehead atoms. The third-order valence-electron chi connectivity index (χ3n) is 4.10. The lowest BCUT2D eigenvalue weighted by molar-refractivity contribution is 0.102. The average Bonchev–Trinajstić information content (AvgIpc) is 3.43. The summed E-state index contributed by atoms with van der Waals surface area (Å²) in [5.74, 6) is -0.341. The largest absolute Gasteiger partial charge is 0.397 e. The Hall–Kier alpha value is -3.04. The minimum atomic E-state index is -0.341. The maximum atomic E-state index is 12.6. The lowest BCUT2D eigenvalue weighted by atomic mass is 10.1. The third kappa shape index (κ3) is 4.10. The Morgan fingerprint density at radius 1 is 1.29 bits per heavy atom. The second-order valence-electron chi connectivity index (χ2n) is 6.23. The zero-order valence-electron chi connectivity index (χ0n) is 15.1. The van der Waals surface area contributed by atoms with E-state index < -0.39 is 0 Å². The maximum Gasteiger partial charge on any atom is 0.277 e. The summed E-state index contributed by atoms with van der Waals surface area (Å²) < 4.78 is 1.65. The molecule has 3 aromatic heterocycles. The van der Waals surface area contributed by atoms with Crippen LogP contribution in [0.25, 0.3) is 10.4 Å². The van der Waals surface area contributed by atoms with Crippen molar-refractivity contribution < 1.29 is 4.79 Å². The predicted octanol–water partition coefficient (Wildman–Crippen LogP) is 3.85. The van der Waals surface area contributed by atoms with Crippen LogP contribution in [0.2, 0.25) is 0 Å². The molecule has 3 N–H and O–H groups in total. The molecule has 142 valence electrons. The molecule has 1 amide bonds. The summed E-state index contributed by atoms with van der Waals surface area (Å²) in [4.78, 5) is 18.1. The number of thiophene rings is 1. The van der Waals surface area contributed by atoms with E-state index in [9.17, 15) is 4.79 Å². The fourth-order valence-corrected chi connectivity index (χ4v) is 4.18. The number of amides is 1. The molecule has 4 aromatic rings. The molecule has 9 heteroatoms. The smallest absolute Gasteiger partial charge is 0.277 e. The minimum absolute atomic E-state index is 0.247. The fraction of sp³-hybridized carbons (Fsp3) is 0.158. The van der Waals surface area contributed by atoms with Gasteiger partial charge in [0.05, 0.1) is 22.6 Å². The Labute approximate surface area is 169 Å². The summed E-state index contributed by atoms with van der Waals surface area (Å²) in [6.45, 7) is 2.58. The topological polar surface area (TPSA) is 98.7 Å². The molecule has 0 atom stereocenters. The Morgan fingerprint density at radius 3 is 2.93 bits per heavy atom. The van der Waals surface area contributed by atoms with Crippen molar-refractivity contribution in [1.29, 1.82) is 0 Å². The van der Waals surface area contributed by atoms with Crippen molar-refractivity contribution >= 4 is 40.0 Å². The van der Waals surface area contributed by atoms with Crippen LogP contribution in [0.15, 0.2) is 47.3 Å². The van der Waals surface area contributed by atoms with Gasteiger partial charge in [0.15, 0.2) is 5.69 Å². The van der Waals surface area contributed by atoms with Gasteiger partial charge in [0, 0.05) is 28.9 Å². The lowest BCUT2D eigenvalue weighted by Crippen LogP contribution is -2.13. The van der Waals surface area contributed by atoms with E-state index in [2.05, 4.69) is 20.6 Å². The van der Waals surface area contributed by atoms with Gasteiger partial charge in [-0.3, -0.25) is 9.48 Å². The van der Waals surface area contributed by atoms with Crippen LogP contribution in [0, 0.1) is 6.92 Å². The number of aryl methyl sites for hydroxylation is 3. The first-order chi connectivity index (χ1) is 13.6. The first kappa shape index (κ1) is 18.3. The van der Waals surface area contributed by atoms with E-state index >= 15 is 0 Å². The molecule has 0 saturated carbocycles. The number of carbonyl (C=O) groups is 1. The average molecular weight is 411 g/mol. The van der Waals surface area contributed by atoms with Crippen molar-refractivity contribution in [3.8, 4) is 10.4 Å². The molecule has 3 heterocycles. The van der Waals surface area contributed by atoms with Gasteiger partial charge in [-0.1, -0.05) is 17.3 Å². The Balaban J connectivity index is 1.44. The molecule has 0 fully saturated rings. The van der Waals surface area contributed by atoms with Crippen LogP contribution >= 0.6 is 22.7 Å². The number of rotatable bonds is 6. The molecule has 0 spiro atoms. The summed E-state index contributed by atoms with van der Waals surface area (Å²) in [5.41, 5.74) is 9.35. The highest BCUT2D eigenvalue weighted by atomic mass is 32.1. The molecule has 28 heavy (non-hydrogen) atoms. The standard InChI is InChI=1S/C19H18N6OS2/c1-12-11-28-18(21-12)6-7-25-10-16(23-24-25)19(26)22-15-9-13(4-5-14(15)20)17-3-2-8-27-17/h2-5,8-11H,6-7,20H2,1H3,(H,22,26). The molecule has 0 saturated heterocycles. The zero-order valence-corrected chi connectivity index (χ0v) is 16.8. The van der Waals surface area contributed by atoms with Gasteiger partial charge in [-0.15, -0.1) is 27.8 Å². The van der Waals surface area contributed by atoms with Crippen LogP contribution in [0.3, 0.4) is 0 Å². The van der Waals surface area contributed by atoms with Crippen LogP contribution in [0.4, 0.5) is 11.4 Å². The van der Waals surface area contributed by atoms with Crippen LogP contribution in [-0.2, 0) is 13.0 Å². The Morgan fingerprint density at radius 2 is 2.18 bits per heavy atom. The minimum Gasteiger partial charge on any atom is -0.397 e. The number of nitrogens with zero attached hydrogens (tertiary/aromatic N) is 4. The molecule has 1 aromatic carbocycles. The molecular weight excluding hydrogens is 392 g/mol. The van der Waals surface area contributed by atoms with E-state index in [-0.39, 0.29) is 11.6 Å². The lowest BCUT2D eigenvalue weighted by Gasteiger charge is -2.08. The van der Waals surface area contributed by atoms with Gasteiger partial charge >= 0.3 is 0 Å². The van der Waals surface area contributed by atoms with Gasteiger partial charge in [-0.25, -0.2) is 4.98 Å². The Bertz CT molecular complexity index is 1100. The van der Waals surface area contributed by atoms with E-state index in [0.29, 0.717) is 17.9 Å². The number of nitrogen functional groups attached to an aromatic ring is 1. The highest BCUT2D eigenvalue weighted by Gasteiger charge is 2.14. The summed E-state index contributed by atoms with van der Waals surface area (Å²) >= 11 is 3.25. The molecule has 0 aliphatic rings. The van der Waals surface area contributed by atoms with Crippen LogP contribution < -0.4 is 11.1 Å². The number of thiazole rings is 1. The number of nitrogens with two attached hydrogens (primary N) is 1. The van der Waals surface area contributed by atoms with E-state index in [0.717, 1.165) is 27.6 Å². The second kappa shape index (κ2) is 7.91. The van der Waals surface area contributed by atoms with Crippen molar-refractivity contribution in [3.63, 3.8) is 0 Å². The highest BCUT2D eigenvalue weighted by Crippen LogP contribution is 2.30. The number of benzene rings is 1. The van der Waals surface area contributed by atoms with Crippen LogP contribution in [0.5, 0.6) is 0 Å². The van der Waals surface area contributed by atoms with Crippen molar-refractivity contribution in [3.05, 3.63) is 63.7 Å². The van der Waals surface area contributed by atoms with Crippen molar-refractivity contribution in [1.82, 2.24) is 20.0 Å². The molecular formula is C19H18N6OS2. The summed E-state index contributed by atoms with van der Waals surface area (Å²) in [7, 11) is 0. The summed E-state index contributed by atoms with van der Waals surface area (Å²) in [5, 5.41) is 15.9. The summed E-state index contributed by atoms with van der Waals surface area (Å²) in [6, 6.07) is 9.61. The fourth-order valence-electron chi connectivity index (χ4n) is 2.69. The van der Waals surface area contributed by atoms with E-state index in [4.69, 9.17) is 5.73 Å². The normalized spacial score (nSPS) is 10.9. The van der Waals surface area contributed by atoms with Gasteiger partial charge in [0.2, 0.25) is 0 Å². The molecule has 4 rings (SSSR count). The first-order valence-electron chi connectivity index (χ1n) is 8.64. The van der Waals surface area contributed by atoms with Crippen LogP contribution in [-0.4, -0.2) is 25.9 Å². The number of aromatic nitrogens is 4. The summed E-state index contributed by atoms with van der Waals surface area (Å²) in [6.07, 6.45) is 2.38. The van der Waals surface area contributed by atoms with Crippen molar-refractivity contribution in [2.75, 3.05) is 11.1 Å². The van der Waals surface area contributed by atoms with Gasteiger partial charge in [0.25, 0.3) is 5.91 Å². The number of hydrogen-bond acceptors (Lipinski definition) is 7. The SMILES string of the molecule is Cc1csc(CCn2cc(C(=O)Nc3cc(-c4cccs4)ccc3N)nn2)n1. The third-order valence-corrected chi connectivity index (χ3v) is 6.05. The maximum absolute atomic E-state index is 12.6. The van der Waals surface area contributed by atoms with E-state index in [1.165, 1.54) is 0 Å². The molecule has 0 aliphatic carbocycles. The van der Waals surface area contributed by atoms with Gasteiger partial charge in [-0.05, 0) is 36.1 Å². The second-order valence-corrected chi connectivity index (χ2v) is 8.12. The van der Waals surface area contributed by atoms with Crippen molar-refractivity contribution in [2.24, 2.45) is 0 Å². The number of anilines is 2. The van der Waals surface area contributed by atoms with Gasteiger partial charge in [0.1, 0.15) is 0 Å². The quantitative estimate of drug-likeness (QED) is 0.471. The molecule has 0 aliphatic heterocycles. The van der Waals surface area contributed by atoms with E-state index in [1.54, 1.807) is 39.6 Å². The zero-order chi connectivity index (χ0) is 19.5. The van der Waals surface area contributed by atoms with E-state index in [1.807, 2.05) is 41.9 Å². The Kier molecular flexibility index (Phi) is 5.18.